The number of phenols is 2. The van der Waals surface area contributed by atoms with E-state index < -0.39 is 35.5 Å². The second-order valence-electron chi connectivity index (χ2n) is 16.2. The molecule has 3 N–H and O–H groups in total. The molecular weight excluding hydrogens is 738 g/mol. The lowest BCUT2D eigenvalue weighted by atomic mass is 9.85. The van der Waals surface area contributed by atoms with Crippen molar-refractivity contribution in [2.75, 3.05) is 42.5 Å². The molecule has 6 aliphatic rings. The van der Waals surface area contributed by atoms with Gasteiger partial charge in [0.25, 0.3) is 11.8 Å². The summed E-state index contributed by atoms with van der Waals surface area (Å²) in [7, 11) is 0. The lowest BCUT2D eigenvalue weighted by molar-refractivity contribution is -0.136. The normalized spacial score (nSPS) is 22.8. The number of rotatable bonds is 9. The average molecular weight is 784 g/mol. The van der Waals surface area contributed by atoms with Crippen molar-refractivity contribution < 1.29 is 33.8 Å². The average Bonchev–Trinajstić information content (AvgIpc) is 3.45. The Bertz CT molecular complexity index is 2310. The highest BCUT2D eigenvalue weighted by atomic mass is 19.1. The fourth-order valence-electron chi connectivity index (χ4n) is 9.83. The maximum absolute atomic E-state index is 15.7. The molecule has 5 fully saturated rings. The van der Waals surface area contributed by atoms with Gasteiger partial charge in [0, 0.05) is 56.9 Å². The number of hydrogen-bond donors (Lipinski definition) is 3. The Morgan fingerprint density at radius 3 is 1.91 bits per heavy atom. The number of piperazine rings is 1. The Kier molecular flexibility index (Phi) is 9.75. The van der Waals surface area contributed by atoms with E-state index in [1.165, 1.54) is 11.8 Å². The van der Waals surface area contributed by atoms with Crippen molar-refractivity contribution in [3.05, 3.63) is 119 Å². The van der Waals surface area contributed by atoms with Gasteiger partial charge in [0.05, 0.1) is 16.8 Å². The van der Waals surface area contributed by atoms with E-state index in [4.69, 9.17) is 0 Å². The Balaban J connectivity index is 0.827. The molecule has 12 heteroatoms. The van der Waals surface area contributed by atoms with Crippen LogP contribution in [0.25, 0.3) is 11.1 Å². The predicted molar refractivity (Wildman–Crippen MR) is 218 cm³/mol. The first-order valence-corrected chi connectivity index (χ1v) is 20.3. The van der Waals surface area contributed by atoms with E-state index in [0.29, 0.717) is 11.6 Å². The predicted octanol–water partition coefficient (Wildman–Crippen LogP) is 6.19. The van der Waals surface area contributed by atoms with Crippen LogP contribution >= 0.6 is 0 Å². The highest BCUT2D eigenvalue weighted by molar-refractivity contribution is 6.23. The fourth-order valence-corrected chi connectivity index (χ4v) is 9.83. The van der Waals surface area contributed by atoms with Crippen molar-refractivity contribution in [1.29, 1.82) is 0 Å². The SMILES string of the molecule is CCC(=C(c1ccc(O)cc1)c1ccc(N2CCC(CN3CC4CC(C3)N4c3cc4c(cc3F)C(=O)N(C3CCC(=O)NC3=O)C4=O)CC2)cc1)c1ccc(O)cc1. The number of anilines is 2. The maximum atomic E-state index is 15.7. The Morgan fingerprint density at radius 1 is 0.759 bits per heavy atom. The van der Waals surface area contributed by atoms with Gasteiger partial charge in [0.15, 0.2) is 0 Å². The molecule has 3 unspecified atom stereocenters. The number of carbonyl (C=O) groups is 4. The van der Waals surface area contributed by atoms with E-state index in [1.807, 2.05) is 24.3 Å². The van der Waals surface area contributed by atoms with E-state index in [9.17, 15) is 29.4 Å². The molecule has 4 amide bonds. The molecule has 2 bridgehead atoms. The van der Waals surface area contributed by atoms with Gasteiger partial charge in [-0.15, -0.1) is 0 Å². The van der Waals surface area contributed by atoms with Crippen molar-refractivity contribution in [2.24, 2.45) is 5.92 Å². The van der Waals surface area contributed by atoms with E-state index >= 15 is 4.39 Å². The number of phenolic OH excluding ortho intramolecular Hbond substituents is 2. The number of piperidine rings is 3. The molecule has 58 heavy (non-hydrogen) atoms. The summed E-state index contributed by atoms with van der Waals surface area (Å²) in [5.74, 6) is -2.03. The summed E-state index contributed by atoms with van der Waals surface area (Å²) in [6, 6.07) is 25.1. The zero-order valence-corrected chi connectivity index (χ0v) is 32.4. The van der Waals surface area contributed by atoms with Crippen LogP contribution in [0.1, 0.15) is 82.9 Å². The number of halogens is 1. The van der Waals surface area contributed by atoms with E-state index in [0.717, 1.165) is 97.2 Å². The smallest absolute Gasteiger partial charge is 0.262 e. The van der Waals surface area contributed by atoms with Gasteiger partial charge in [-0.2, -0.15) is 0 Å². The number of allylic oxidation sites excluding steroid dienone is 1. The topological polar surface area (TPSA) is 134 Å². The number of nitrogens with one attached hydrogen (secondary N) is 1. The minimum Gasteiger partial charge on any atom is -0.508 e. The van der Waals surface area contributed by atoms with Gasteiger partial charge in [-0.1, -0.05) is 43.3 Å². The first-order valence-electron chi connectivity index (χ1n) is 20.3. The van der Waals surface area contributed by atoms with E-state index in [2.05, 4.69) is 51.2 Å². The molecule has 0 aliphatic carbocycles. The van der Waals surface area contributed by atoms with Crippen LogP contribution < -0.4 is 15.1 Å². The number of amides is 4. The fraction of sp³-hybridized carbons (Fsp3) is 0.348. The summed E-state index contributed by atoms with van der Waals surface area (Å²) in [5, 5.41) is 22.1. The monoisotopic (exact) mass is 783 g/mol. The third-order valence-corrected chi connectivity index (χ3v) is 12.7. The number of carbonyl (C=O) groups excluding carboxylic acids is 4. The standard InChI is InChI=1S/C46H46FN5O6/c1-2-36(28-5-11-34(53)12-6-28)43(30-7-13-35(54)14-8-30)29-3-9-31(10-4-29)50-19-17-27(18-20-50)24-49-25-32-21-33(26-49)51(32)41-23-38-37(22-39(41)47)45(57)52(46(38)58)40-15-16-42(55)48-44(40)56/h3-14,22-23,27,32-33,40,53-54H,2,15-21,24-26H2,1H3,(H,48,55,56). The van der Waals surface area contributed by atoms with Crippen LogP contribution in [0.3, 0.4) is 0 Å². The number of imide groups is 2. The van der Waals surface area contributed by atoms with Gasteiger partial charge in [-0.05, 0) is 114 Å². The zero-order valence-electron chi connectivity index (χ0n) is 32.4. The minimum atomic E-state index is -1.09. The van der Waals surface area contributed by atoms with E-state index in [1.54, 1.807) is 24.3 Å². The van der Waals surface area contributed by atoms with Crippen molar-refractivity contribution in [1.82, 2.24) is 15.1 Å². The van der Waals surface area contributed by atoms with Gasteiger partial charge in [0.1, 0.15) is 23.4 Å². The van der Waals surface area contributed by atoms with Gasteiger partial charge in [-0.25, -0.2) is 4.39 Å². The molecule has 10 rings (SSSR count). The molecule has 5 saturated heterocycles. The molecule has 6 heterocycles. The first kappa shape index (κ1) is 37.6. The van der Waals surface area contributed by atoms with Crippen molar-refractivity contribution in [3.63, 3.8) is 0 Å². The molecule has 6 aliphatic heterocycles. The number of hydrogen-bond acceptors (Lipinski definition) is 9. The number of nitrogens with zero attached hydrogens (tertiary/aromatic N) is 4. The second kappa shape index (κ2) is 15.1. The zero-order chi connectivity index (χ0) is 40.2. The Hall–Kier alpha value is -6.01. The van der Waals surface area contributed by atoms with Crippen molar-refractivity contribution in [3.8, 4) is 11.5 Å². The summed E-state index contributed by atoms with van der Waals surface area (Å²) < 4.78 is 15.7. The number of benzene rings is 4. The number of fused-ring (bicyclic) bond motifs is 3. The largest absolute Gasteiger partial charge is 0.508 e. The van der Waals surface area contributed by atoms with Crippen LogP contribution in [0.2, 0.25) is 0 Å². The molecule has 298 valence electrons. The third-order valence-electron chi connectivity index (χ3n) is 12.7. The number of aromatic hydroxyl groups is 2. The first-order chi connectivity index (χ1) is 28.1. The summed E-state index contributed by atoms with van der Waals surface area (Å²) in [5.41, 5.74) is 6.94. The van der Waals surface area contributed by atoms with Crippen LogP contribution in [-0.4, -0.2) is 94.5 Å². The molecule has 0 saturated carbocycles. The second-order valence-corrected chi connectivity index (χ2v) is 16.2. The summed E-state index contributed by atoms with van der Waals surface area (Å²) in [6.45, 7) is 6.61. The summed E-state index contributed by atoms with van der Waals surface area (Å²) in [4.78, 5) is 58.7. The lowest BCUT2D eigenvalue weighted by Gasteiger charge is -2.58. The summed E-state index contributed by atoms with van der Waals surface area (Å²) >= 11 is 0. The lowest BCUT2D eigenvalue weighted by Crippen LogP contribution is -2.69. The Labute approximate surface area is 336 Å². The van der Waals surface area contributed by atoms with Crippen molar-refractivity contribution >= 4 is 46.1 Å². The van der Waals surface area contributed by atoms with Crippen LogP contribution in [0.4, 0.5) is 15.8 Å². The highest BCUT2D eigenvalue weighted by Gasteiger charge is 2.49. The highest BCUT2D eigenvalue weighted by Crippen LogP contribution is 2.42. The third kappa shape index (κ3) is 6.78. The molecule has 0 aromatic heterocycles. The molecule has 3 atom stereocenters. The molecule has 11 nitrogen and oxygen atoms in total. The van der Waals surface area contributed by atoms with Gasteiger partial charge in [-0.3, -0.25) is 34.3 Å². The van der Waals surface area contributed by atoms with Crippen LogP contribution in [-0.2, 0) is 9.59 Å². The van der Waals surface area contributed by atoms with Crippen molar-refractivity contribution in [2.45, 2.75) is 63.6 Å². The van der Waals surface area contributed by atoms with Crippen LogP contribution in [0.5, 0.6) is 11.5 Å². The van der Waals surface area contributed by atoms with Gasteiger partial charge >= 0.3 is 0 Å². The summed E-state index contributed by atoms with van der Waals surface area (Å²) in [6.07, 6.45) is 3.93. The molecule has 0 spiro atoms. The van der Waals surface area contributed by atoms with Gasteiger partial charge in [0.2, 0.25) is 11.8 Å². The van der Waals surface area contributed by atoms with Crippen LogP contribution in [0, 0.1) is 11.7 Å². The molecular formula is C46H46FN5O6. The quantitative estimate of drug-likeness (QED) is 0.134. The molecule has 0 radical (unpaired) electrons. The minimum absolute atomic E-state index is 0.0247. The molecule has 4 aromatic carbocycles. The maximum Gasteiger partial charge on any atom is 0.262 e. The Morgan fingerprint density at radius 2 is 1.33 bits per heavy atom. The van der Waals surface area contributed by atoms with E-state index in [-0.39, 0.29) is 47.6 Å². The van der Waals surface area contributed by atoms with Gasteiger partial charge < -0.3 is 20.0 Å². The van der Waals surface area contributed by atoms with Crippen LogP contribution in [0.15, 0.2) is 84.9 Å². The molecule has 4 aromatic rings.